The molecule has 3 aliphatic rings. The fourth-order valence-electron chi connectivity index (χ4n) is 7.08. The van der Waals surface area contributed by atoms with Gasteiger partial charge in [0.2, 0.25) is 0 Å². The van der Waals surface area contributed by atoms with Crippen LogP contribution in [-0.4, -0.2) is 49.7 Å². The predicted octanol–water partition coefficient (Wildman–Crippen LogP) is 6.69. The second kappa shape index (κ2) is 12.3. The summed E-state index contributed by atoms with van der Waals surface area (Å²) in [5, 5.41) is 30.7. The molecule has 7 rings (SSSR count). The Kier molecular flexibility index (Phi) is 8.11. The van der Waals surface area contributed by atoms with Crippen molar-refractivity contribution >= 4 is 17.5 Å². The minimum atomic E-state index is -4.66. The number of carbonyl (C=O) groups excluding carboxylic acids is 1. The summed E-state index contributed by atoms with van der Waals surface area (Å²) >= 11 is 0. The van der Waals surface area contributed by atoms with Gasteiger partial charge in [0.25, 0.3) is 5.91 Å². The van der Waals surface area contributed by atoms with Gasteiger partial charge in [-0.1, -0.05) is 6.92 Å². The van der Waals surface area contributed by atoms with Crippen molar-refractivity contribution in [3.05, 3.63) is 76.6 Å². The zero-order valence-corrected chi connectivity index (χ0v) is 27.2. The van der Waals surface area contributed by atoms with Crippen LogP contribution in [0.1, 0.15) is 71.6 Å². The van der Waals surface area contributed by atoms with Crippen molar-refractivity contribution < 1.29 is 18.0 Å². The number of rotatable bonds is 9. The highest BCUT2D eigenvalue weighted by Gasteiger charge is 2.48. The Bertz CT molecular complexity index is 2040. The molecule has 0 bridgehead atoms. The molecule has 13 heteroatoms. The highest BCUT2D eigenvalue weighted by Crippen LogP contribution is 2.53. The number of halogens is 3. The molecule has 250 valence electrons. The molecule has 1 spiro atoms. The van der Waals surface area contributed by atoms with E-state index in [1.54, 1.807) is 54.3 Å². The molecular weight excluding hydrogens is 631 g/mol. The molecule has 10 nitrogen and oxygen atoms in total. The van der Waals surface area contributed by atoms with Gasteiger partial charge in [0.15, 0.2) is 5.82 Å². The first-order valence-corrected chi connectivity index (χ1v) is 16.3. The van der Waals surface area contributed by atoms with Crippen LogP contribution in [0.5, 0.6) is 0 Å². The van der Waals surface area contributed by atoms with E-state index in [1.165, 1.54) is 11.0 Å². The van der Waals surface area contributed by atoms with Crippen molar-refractivity contribution in [3.8, 4) is 34.7 Å². The molecule has 1 N–H and O–H groups in total. The number of nitrogens with zero attached hydrogens (tertiary/aromatic N) is 8. The second-order valence-electron chi connectivity index (χ2n) is 13.4. The van der Waals surface area contributed by atoms with Crippen LogP contribution in [0, 0.1) is 28.1 Å². The van der Waals surface area contributed by atoms with E-state index in [0.29, 0.717) is 57.8 Å². The van der Waals surface area contributed by atoms with E-state index in [4.69, 9.17) is 4.98 Å². The summed E-state index contributed by atoms with van der Waals surface area (Å²) in [6.07, 6.45) is 1.06. The van der Waals surface area contributed by atoms with Crippen molar-refractivity contribution in [2.75, 3.05) is 23.3 Å². The average Bonchev–Trinajstić information content (AvgIpc) is 3.33. The molecule has 2 aromatic carbocycles. The maximum Gasteiger partial charge on any atom is 0.416 e. The number of pyridine rings is 1. The number of hydrogen-bond donors (Lipinski definition) is 1. The van der Waals surface area contributed by atoms with Crippen LogP contribution in [0.15, 0.2) is 48.8 Å². The number of amides is 1. The number of aromatic nitrogens is 4. The first-order chi connectivity index (χ1) is 23.5. The SMILES string of the molecule is CC[C@@H](CC#N)Nc1cc(-c2cc(C#N)ccc2-c2nncn2C)cc(N2Cc3c(cc(CN4CCC5(CC5)C4)cc3C(F)(F)F)C2=O)n1. The van der Waals surface area contributed by atoms with Crippen LogP contribution in [0.25, 0.3) is 22.5 Å². The van der Waals surface area contributed by atoms with Gasteiger partial charge in [0.05, 0.1) is 36.2 Å². The number of carbonyl (C=O) groups is 1. The summed E-state index contributed by atoms with van der Waals surface area (Å²) < 4.78 is 45.5. The summed E-state index contributed by atoms with van der Waals surface area (Å²) in [6.45, 7) is 3.66. The van der Waals surface area contributed by atoms with Crippen LogP contribution in [0.4, 0.5) is 24.8 Å². The van der Waals surface area contributed by atoms with Gasteiger partial charge in [-0.2, -0.15) is 23.7 Å². The molecule has 2 fully saturated rings. The molecule has 0 radical (unpaired) electrons. The number of aryl methyl sites for hydroxylation is 1. The summed E-state index contributed by atoms with van der Waals surface area (Å²) in [5.74, 6) is 0.441. The molecule has 0 unspecified atom stereocenters. The van der Waals surface area contributed by atoms with Crippen molar-refractivity contribution in [1.82, 2.24) is 24.6 Å². The van der Waals surface area contributed by atoms with E-state index >= 15 is 0 Å². The van der Waals surface area contributed by atoms with Gasteiger partial charge >= 0.3 is 6.18 Å². The molecule has 2 aliphatic heterocycles. The van der Waals surface area contributed by atoms with Crippen molar-refractivity contribution in [1.29, 1.82) is 10.5 Å². The lowest BCUT2D eigenvalue weighted by Crippen LogP contribution is -2.25. The third kappa shape index (κ3) is 6.22. The third-order valence-electron chi connectivity index (χ3n) is 9.97. The number of anilines is 2. The van der Waals surface area contributed by atoms with Crippen LogP contribution in [-0.2, 0) is 26.3 Å². The Morgan fingerprint density at radius 3 is 2.53 bits per heavy atom. The molecule has 4 aromatic rings. The van der Waals surface area contributed by atoms with Crippen LogP contribution >= 0.6 is 0 Å². The Morgan fingerprint density at radius 1 is 1.06 bits per heavy atom. The zero-order chi connectivity index (χ0) is 34.5. The normalized spacial score (nSPS) is 17.2. The minimum Gasteiger partial charge on any atom is -0.366 e. The summed E-state index contributed by atoms with van der Waals surface area (Å²) in [6, 6.07) is 15.4. The van der Waals surface area contributed by atoms with E-state index in [-0.39, 0.29) is 36.0 Å². The fraction of sp³-hybridized carbons (Fsp3) is 0.389. The summed E-state index contributed by atoms with van der Waals surface area (Å²) in [7, 11) is 1.79. The number of benzene rings is 2. The number of hydrogen-bond acceptors (Lipinski definition) is 8. The first-order valence-electron chi connectivity index (χ1n) is 16.3. The summed E-state index contributed by atoms with van der Waals surface area (Å²) in [5.41, 5.74) is 2.10. The van der Waals surface area contributed by atoms with Crippen molar-refractivity contribution in [2.24, 2.45) is 12.5 Å². The monoisotopic (exact) mass is 665 g/mol. The first kappa shape index (κ1) is 32.3. The molecule has 1 aliphatic carbocycles. The van der Waals surface area contributed by atoms with Gasteiger partial charge in [0, 0.05) is 37.3 Å². The van der Waals surface area contributed by atoms with Crippen LogP contribution in [0.3, 0.4) is 0 Å². The fourth-order valence-corrected chi connectivity index (χ4v) is 7.08. The molecule has 4 heterocycles. The zero-order valence-electron chi connectivity index (χ0n) is 27.2. The number of likely N-dealkylation sites (tertiary alicyclic amines) is 1. The topological polar surface area (TPSA) is 127 Å². The van der Waals surface area contributed by atoms with E-state index in [0.717, 1.165) is 32.4 Å². The molecule has 49 heavy (non-hydrogen) atoms. The molecule has 1 atom stereocenters. The van der Waals surface area contributed by atoms with E-state index in [2.05, 4.69) is 32.6 Å². The lowest BCUT2D eigenvalue weighted by molar-refractivity contribution is -0.138. The Hall–Kier alpha value is -5.27. The minimum absolute atomic E-state index is 0.0223. The maximum atomic E-state index is 14.6. The Balaban J connectivity index is 1.32. The highest BCUT2D eigenvalue weighted by atomic mass is 19.4. The standard InChI is InChI=1S/C36H34F3N9O/c1-3-25(6-10-40)43-31-15-24(27-12-22(17-41)4-5-26(27)33-45-42-21-46(33)2)16-32(44-31)48-19-29-28(34(48)49)13-23(14-30(29)36(37,38)39)18-47-11-9-35(20-47)7-8-35/h4-5,12-16,21,25H,3,6-9,11,18-20H2,1-2H3,(H,43,44)/t25-/m0/s1. The smallest absolute Gasteiger partial charge is 0.366 e. The van der Waals surface area contributed by atoms with Crippen molar-refractivity contribution in [2.45, 2.75) is 64.3 Å². The van der Waals surface area contributed by atoms with Gasteiger partial charge in [-0.25, -0.2) is 4.98 Å². The summed E-state index contributed by atoms with van der Waals surface area (Å²) in [4.78, 5) is 22.3. The number of alkyl halides is 3. The van der Waals surface area contributed by atoms with Crippen LogP contribution in [0.2, 0.25) is 0 Å². The maximum absolute atomic E-state index is 14.6. The van der Waals surface area contributed by atoms with Gasteiger partial charge < -0.3 is 9.88 Å². The average molecular weight is 666 g/mol. The van der Waals surface area contributed by atoms with Crippen LogP contribution < -0.4 is 10.2 Å². The Morgan fingerprint density at radius 2 is 1.88 bits per heavy atom. The van der Waals surface area contributed by atoms with Crippen molar-refractivity contribution in [3.63, 3.8) is 0 Å². The second-order valence-corrected chi connectivity index (χ2v) is 13.4. The largest absolute Gasteiger partial charge is 0.416 e. The highest BCUT2D eigenvalue weighted by molar-refractivity contribution is 6.10. The molecule has 1 saturated carbocycles. The third-order valence-corrected chi connectivity index (χ3v) is 9.97. The number of fused-ring (bicyclic) bond motifs is 1. The molecule has 1 amide bonds. The molecule has 2 aromatic heterocycles. The van der Waals surface area contributed by atoms with Gasteiger partial charge in [-0.05, 0) is 102 Å². The number of nitrogens with one attached hydrogen (secondary N) is 1. The lowest BCUT2D eigenvalue weighted by atomic mass is 9.97. The quantitative estimate of drug-likeness (QED) is 0.210. The molecule has 1 saturated heterocycles. The van der Waals surface area contributed by atoms with Gasteiger partial charge in [-0.15, -0.1) is 10.2 Å². The predicted molar refractivity (Wildman–Crippen MR) is 176 cm³/mol. The lowest BCUT2D eigenvalue weighted by Gasteiger charge is -2.21. The van der Waals surface area contributed by atoms with E-state index < -0.39 is 17.6 Å². The molecular formula is C36H34F3N9O. The van der Waals surface area contributed by atoms with Gasteiger partial charge in [-0.3, -0.25) is 14.6 Å². The van der Waals surface area contributed by atoms with E-state index in [1.807, 2.05) is 6.92 Å². The van der Waals surface area contributed by atoms with Gasteiger partial charge in [0.1, 0.15) is 18.0 Å². The Labute approximate surface area is 281 Å². The number of nitriles is 2. The van der Waals surface area contributed by atoms with E-state index in [9.17, 15) is 28.5 Å².